The van der Waals surface area contributed by atoms with Crippen LogP contribution >= 0.6 is 0 Å². The highest BCUT2D eigenvalue weighted by molar-refractivity contribution is 5.76. The Morgan fingerprint density at radius 1 is 0.360 bits per heavy atom. The maximum Gasteiger partial charge on any atom is 0.305 e. The average Bonchev–Trinajstić information content (AvgIpc) is 3.41. The molecule has 0 fully saturated rings. The predicted octanol–water partition coefficient (Wildman–Crippen LogP) is 22.0. The Hall–Kier alpha value is -1.40. The topological polar surface area (TPSA) is 95.9 Å². The second kappa shape index (κ2) is 65.1. The third kappa shape index (κ3) is 61.7. The summed E-state index contributed by atoms with van der Waals surface area (Å²) in [5, 5.41) is 23.2. The number of esters is 1. The van der Waals surface area contributed by atoms with E-state index in [1.54, 1.807) is 6.08 Å². The first kappa shape index (κ1) is 73.6. The maximum atomic E-state index is 12.5. The lowest BCUT2D eigenvalue weighted by molar-refractivity contribution is -0.143. The van der Waals surface area contributed by atoms with Crippen LogP contribution in [0.3, 0.4) is 0 Å². The summed E-state index contributed by atoms with van der Waals surface area (Å²) in [6, 6.07) is -0.630. The van der Waals surface area contributed by atoms with Crippen LogP contribution in [0, 0.1) is 0 Å². The van der Waals surface area contributed by atoms with Crippen LogP contribution in [0.1, 0.15) is 393 Å². The van der Waals surface area contributed by atoms with Crippen LogP contribution in [-0.2, 0) is 14.3 Å². The molecule has 1 amide bonds. The van der Waals surface area contributed by atoms with Crippen molar-refractivity contribution in [3.8, 4) is 0 Å². The van der Waals surface area contributed by atoms with Crippen molar-refractivity contribution in [3.05, 3.63) is 12.2 Å². The minimum Gasteiger partial charge on any atom is -0.466 e. The molecule has 75 heavy (non-hydrogen) atoms. The van der Waals surface area contributed by atoms with Gasteiger partial charge in [0, 0.05) is 12.8 Å². The molecule has 0 aromatic rings. The van der Waals surface area contributed by atoms with E-state index >= 15 is 0 Å². The molecule has 0 bridgehead atoms. The second-order valence-corrected chi connectivity index (χ2v) is 23.9. The summed E-state index contributed by atoms with van der Waals surface area (Å²) in [6.07, 6.45) is 79.9. The number of aliphatic hydroxyl groups is 2. The van der Waals surface area contributed by atoms with Crippen LogP contribution in [0.25, 0.3) is 0 Å². The minimum atomic E-state index is -0.846. The van der Waals surface area contributed by atoms with E-state index in [0.29, 0.717) is 19.4 Å². The van der Waals surface area contributed by atoms with Gasteiger partial charge in [-0.3, -0.25) is 9.59 Å². The van der Waals surface area contributed by atoms with Gasteiger partial charge in [-0.05, 0) is 32.1 Å². The summed E-state index contributed by atoms with van der Waals surface area (Å²) in [6.45, 7) is 4.95. The van der Waals surface area contributed by atoms with Crippen molar-refractivity contribution in [2.75, 3.05) is 13.2 Å². The molecule has 0 saturated heterocycles. The number of allylic oxidation sites excluding steroid dienone is 1. The van der Waals surface area contributed by atoms with Crippen LogP contribution in [0.2, 0.25) is 0 Å². The lowest BCUT2D eigenvalue weighted by Gasteiger charge is -2.20. The van der Waals surface area contributed by atoms with Crippen molar-refractivity contribution in [2.24, 2.45) is 0 Å². The Morgan fingerprint density at radius 2 is 0.613 bits per heavy atom. The van der Waals surface area contributed by atoms with Gasteiger partial charge in [-0.2, -0.15) is 0 Å². The van der Waals surface area contributed by atoms with Crippen molar-refractivity contribution in [1.82, 2.24) is 5.32 Å². The van der Waals surface area contributed by atoms with Crippen LogP contribution in [0.15, 0.2) is 12.2 Å². The van der Waals surface area contributed by atoms with Crippen molar-refractivity contribution < 1.29 is 24.5 Å². The second-order valence-electron chi connectivity index (χ2n) is 23.9. The van der Waals surface area contributed by atoms with Gasteiger partial charge < -0.3 is 20.3 Å². The number of rotatable bonds is 65. The van der Waals surface area contributed by atoms with Gasteiger partial charge in [0.05, 0.1) is 25.4 Å². The van der Waals surface area contributed by atoms with Gasteiger partial charge in [0.1, 0.15) is 0 Å². The van der Waals surface area contributed by atoms with E-state index in [9.17, 15) is 19.8 Å². The normalized spacial score (nSPS) is 12.5. The third-order valence-electron chi connectivity index (χ3n) is 16.3. The Kier molecular flexibility index (Phi) is 63.9. The van der Waals surface area contributed by atoms with E-state index in [1.807, 2.05) is 6.08 Å². The van der Waals surface area contributed by atoms with E-state index in [1.165, 1.54) is 327 Å². The van der Waals surface area contributed by atoms with Crippen LogP contribution < -0.4 is 5.32 Å². The molecular weight excluding hydrogens is 923 g/mol. The fourth-order valence-corrected chi connectivity index (χ4v) is 11.1. The van der Waals surface area contributed by atoms with Crippen molar-refractivity contribution in [2.45, 2.75) is 405 Å². The number of carbonyl (C=O) groups is 2. The SMILES string of the molecule is CCCCCCCCCCCCCCCCCCCCCC/C=C/C(O)C(CO)NC(=O)CCCCCCCCCCCCCCCCCCCCCCOC(=O)CCCCCCCCCCCCCCCCCC. The highest BCUT2D eigenvalue weighted by Gasteiger charge is 2.18. The Bertz CT molecular complexity index is 1130. The summed E-state index contributed by atoms with van der Waals surface area (Å²) < 4.78 is 5.50. The van der Waals surface area contributed by atoms with Gasteiger partial charge in [0.15, 0.2) is 0 Å². The van der Waals surface area contributed by atoms with E-state index in [4.69, 9.17) is 4.74 Å². The summed E-state index contributed by atoms with van der Waals surface area (Å²) in [5.74, 6) is -0.0505. The average molecular weight is 1060 g/mol. The summed E-state index contributed by atoms with van der Waals surface area (Å²) >= 11 is 0. The van der Waals surface area contributed by atoms with Gasteiger partial charge in [-0.15, -0.1) is 0 Å². The molecule has 2 atom stereocenters. The Labute approximate surface area is 469 Å². The Balaban J connectivity index is 3.40. The molecule has 0 aromatic carbocycles. The van der Waals surface area contributed by atoms with E-state index in [-0.39, 0.29) is 18.5 Å². The molecule has 446 valence electrons. The summed E-state index contributed by atoms with van der Waals surface area (Å²) in [7, 11) is 0. The van der Waals surface area contributed by atoms with Crippen molar-refractivity contribution in [1.29, 1.82) is 0 Å². The standard InChI is InChI=1S/C69H135NO5/c1-3-5-7-9-11-13-15-17-19-21-22-23-24-27-30-33-37-41-45-49-53-57-61-67(72)66(65-71)70-68(73)62-58-54-50-46-42-38-34-31-28-25-26-29-32-36-40-44-48-52-56-60-64-75-69(74)63-59-55-51-47-43-39-35-20-18-16-14-12-10-8-6-4-2/h57,61,66-67,71-72H,3-56,58-60,62-65H2,1-2H3,(H,70,73)/b61-57+. The van der Waals surface area contributed by atoms with Crippen LogP contribution in [0.5, 0.6) is 0 Å². The first-order chi connectivity index (χ1) is 37.0. The quantitative estimate of drug-likeness (QED) is 0.0320. The molecule has 0 radical (unpaired) electrons. The molecule has 6 nitrogen and oxygen atoms in total. The molecule has 0 aromatic heterocycles. The zero-order valence-electron chi connectivity index (χ0n) is 51.1. The molecule has 0 saturated carbocycles. The monoisotopic (exact) mass is 1060 g/mol. The van der Waals surface area contributed by atoms with Crippen LogP contribution in [0.4, 0.5) is 0 Å². The smallest absolute Gasteiger partial charge is 0.305 e. The third-order valence-corrected chi connectivity index (χ3v) is 16.3. The lowest BCUT2D eigenvalue weighted by Crippen LogP contribution is -2.45. The number of unbranched alkanes of at least 4 members (excludes halogenated alkanes) is 54. The summed E-state index contributed by atoms with van der Waals surface area (Å²) in [4.78, 5) is 24.6. The molecule has 0 aliphatic rings. The van der Waals surface area contributed by atoms with Gasteiger partial charge in [0.2, 0.25) is 5.91 Å². The molecule has 2 unspecified atom stereocenters. The number of amides is 1. The number of hydrogen-bond donors (Lipinski definition) is 3. The van der Waals surface area contributed by atoms with Crippen molar-refractivity contribution >= 4 is 11.9 Å². The highest BCUT2D eigenvalue weighted by Crippen LogP contribution is 2.19. The fraction of sp³-hybridized carbons (Fsp3) is 0.942. The summed E-state index contributed by atoms with van der Waals surface area (Å²) in [5.41, 5.74) is 0. The zero-order valence-corrected chi connectivity index (χ0v) is 51.1. The lowest BCUT2D eigenvalue weighted by atomic mass is 10.0. The number of nitrogens with one attached hydrogen (secondary N) is 1. The highest BCUT2D eigenvalue weighted by atomic mass is 16.5. The van der Waals surface area contributed by atoms with Crippen molar-refractivity contribution in [3.63, 3.8) is 0 Å². The van der Waals surface area contributed by atoms with E-state index in [2.05, 4.69) is 19.2 Å². The molecule has 0 aliphatic heterocycles. The first-order valence-corrected chi connectivity index (χ1v) is 34.5. The zero-order chi connectivity index (χ0) is 54.3. The minimum absolute atomic E-state index is 0.0146. The van der Waals surface area contributed by atoms with Gasteiger partial charge in [-0.1, -0.05) is 360 Å². The maximum absolute atomic E-state index is 12.5. The molecule has 3 N–H and O–H groups in total. The molecule has 6 heteroatoms. The predicted molar refractivity (Wildman–Crippen MR) is 329 cm³/mol. The molecule has 0 aliphatic carbocycles. The van der Waals surface area contributed by atoms with Gasteiger partial charge >= 0.3 is 5.97 Å². The largest absolute Gasteiger partial charge is 0.466 e. The molecule has 0 heterocycles. The van der Waals surface area contributed by atoms with E-state index in [0.717, 1.165) is 38.5 Å². The van der Waals surface area contributed by atoms with Gasteiger partial charge in [0.25, 0.3) is 0 Å². The molecule has 0 spiro atoms. The number of aliphatic hydroxyl groups excluding tert-OH is 2. The number of hydrogen-bond acceptors (Lipinski definition) is 5. The van der Waals surface area contributed by atoms with E-state index < -0.39 is 12.1 Å². The fourth-order valence-electron chi connectivity index (χ4n) is 11.1. The first-order valence-electron chi connectivity index (χ1n) is 34.5. The Morgan fingerprint density at radius 3 is 0.907 bits per heavy atom. The van der Waals surface area contributed by atoms with Crippen LogP contribution in [-0.4, -0.2) is 47.4 Å². The molecular formula is C69H135NO5. The molecule has 0 rings (SSSR count). The van der Waals surface area contributed by atoms with Gasteiger partial charge in [-0.25, -0.2) is 0 Å². The number of carbonyl (C=O) groups excluding carboxylic acids is 2. The number of ether oxygens (including phenoxy) is 1.